The fourth-order valence-corrected chi connectivity index (χ4v) is 3.97. The molecule has 0 bridgehead atoms. The summed E-state index contributed by atoms with van der Waals surface area (Å²) >= 11 is 3.20. The first kappa shape index (κ1) is 18.4. The third kappa shape index (κ3) is 4.05. The lowest BCUT2D eigenvalue weighted by Crippen LogP contribution is -2.14. The Balaban J connectivity index is 2.18. The predicted octanol–water partition coefficient (Wildman–Crippen LogP) is 4.49. The van der Waals surface area contributed by atoms with Crippen LogP contribution in [-0.4, -0.2) is 31.2 Å². The van der Waals surface area contributed by atoms with Crippen LogP contribution in [0.4, 0.5) is 0 Å². The molecule has 26 heavy (non-hydrogen) atoms. The monoisotopic (exact) mass is 387 g/mol. The van der Waals surface area contributed by atoms with E-state index in [9.17, 15) is 0 Å². The smallest absolute Gasteiger partial charge is 0.206 e. The Hall–Kier alpha value is -2.38. The molecule has 0 saturated heterocycles. The van der Waals surface area contributed by atoms with E-state index in [2.05, 4.69) is 24.3 Å². The first-order valence-corrected chi connectivity index (χ1v) is 9.98. The van der Waals surface area contributed by atoms with Gasteiger partial charge in [-0.2, -0.15) is 16.4 Å². The van der Waals surface area contributed by atoms with Crippen molar-refractivity contribution in [3.63, 3.8) is 0 Å². The highest BCUT2D eigenvalue weighted by Crippen LogP contribution is 2.33. The quantitative estimate of drug-likeness (QED) is 0.585. The maximum Gasteiger partial charge on any atom is 0.206 e. The first-order chi connectivity index (χ1) is 12.6. The van der Waals surface area contributed by atoms with E-state index in [4.69, 9.17) is 14.5 Å². The van der Waals surface area contributed by atoms with E-state index in [0.717, 1.165) is 33.1 Å². The molecule has 0 saturated carbocycles. The molecule has 2 heterocycles. The van der Waals surface area contributed by atoms with Crippen LogP contribution in [0.3, 0.4) is 0 Å². The second-order valence-electron chi connectivity index (χ2n) is 5.81. The summed E-state index contributed by atoms with van der Waals surface area (Å²) in [6.07, 6.45) is 1.85. The summed E-state index contributed by atoms with van der Waals surface area (Å²) < 4.78 is 12.8. The minimum Gasteiger partial charge on any atom is -0.497 e. The Morgan fingerprint density at radius 1 is 1.12 bits per heavy atom. The number of thiazole rings is 1. The third-order valence-corrected chi connectivity index (χ3v) is 5.13. The molecule has 3 aromatic rings. The SMILES string of the molecule is COc1ccc(OC)c(-c2csc(=NC(C)C)n2N=Cc2ccsc2)c1. The van der Waals surface area contributed by atoms with Gasteiger partial charge in [-0.1, -0.05) is 0 Å². The van der Waals surface area contributed by atoms with Gasteiger partial charge in [0.25, 0.3) is 0 Å². The van der Waals surface area contributed by atoms with Gasteiger partial charge in [0.05, 0.1) is 26.1 Å². The number of benzene rings is 1. The highest BCUT2D eigenvalue weighted by atomic mass is 32.1. The minimum atomic E-state index is 0.177. The average molecular weight is 388 g/mol. The lowest BCUT2D eigenvalue weighted by atomic mass is 10.1. The average Bonchev–Trinajstić information content (AvgIpc) is 3.28. The number of hydrogen-bond acceptors (Lipinski definition) is 6. The zero-order valence-electron chi connectivity index (χ0n) is 15.2. The molecule has 0 aliphatic heterocycles. The van der Waals surface area contributed by atoms with E-state index in [1.807, 2.05) is 45.9 Å². The van der Waals surface area contributed by atoms with Gasteiger partial charge < -0.3 is 9.47 Å². The molecule has 0 radical (unpaired) electrons. The van der Waals surface area contributed by atoms with Gasteiger partial charge in [0.15, 0.2) is 0 Å². The lowest BCUT2D eigenvalue weighted by molar-refractivity contribution is 0.404. The molecule has 0 atom stereocenters. The van der Waals surface area contributed by atoms with Gasteiger partial charge in [-0.3, -0.25) is 4.99 Å². The van der Waals surface area contributed by atoms with Crippen LogP contribution in [0.1, 0.15) is 19.4 Å². The van der Waals surface area contributed by atoms with E-state index < -0.39 is 0 Å². The molecular weight excluding hydrogens is 366 g/mol. The molecular formula is C19H21N3O2S2. The third-order valence-electron chi connectivity index (χ3n) is 3.60. The molecule has 0 N–H and O–H groups in total. The maximum atomic E-state index is 5.55. The van der Waals surface area contributed by atoms with Crippen molar-refractivity contribution in [3.05, 3.63) is 50.8 Å². The number of methoxy groups -OCH3 is 2. The van der Waals surface area contributed by atoms with E-state index in [-0.39, 0.29) is 6.04 Å². The highest BCUT2D eigenvalue weighted by Gasteiger charge is 2.14. The predicted molar refractivity (Wildman–Crippen MR) is 109 cm³/mol. The van der Waals surface area contributed by atoms with Crippen molar-refractivity contribution in [1.29, 1.82) is 0 Å². The zero-order chi connectivity index (χ0) is 18.5. The van der Waals surface area contributed by atoms with Gasteiger partial charge in [-0.05, 0) is 48.9 Å². The molecule has 3 rings (SSSR count). The van der Waals surface area contributed by atoms with Crippen molar-refractivity contribution in [2.24, 2.45) is 10.1 Å². The van der Waals surface area contributed by atoms with Crippen LogP contribution in [0.15, 0.2) is 50.5 Å². The lowest BCUT2D eigenvalue weighted by Gasteiger charge is -2.11. The van der Waals surface area contributed by atoms with E-state index in [1.54, 1.807) is 36.9 Å². The number of nitrogens with zero attached hydrogens (tertiary/aromatic N) is 3. The topological polar surface area (TPSA) is 48.1 Å². The summed E-state index contributed by atoms with van der Waals surface area (Å²) in [6.45, 7) is 4.11. The molecule has 0 unspecified atom stereocenters. The summed E-state index contributed by atoms with van der Waals surface area (Å²) in [5, 5.41) is 10.8. The van der Waals surface area contributed by atoms with Gasteiger partial charge in [-0.25, -0.2) is 4.68 Å². The molecule has 0 fully saturated rings. The van der Waals surface area contributed by atoms with E-state index >= 15 is 0 Å². The molecule has 136 valence electrons. The fraction of sp³-hybridized carbons (Fsp3) is 0.263. The van der Waals surface area contributed by atoms with Crippen LogP contribution >= 0.6 is 22.7 Å². The number of ether oxygens (including phenoxy) is 2. The molecule has 0 aliphatic rings. The summed E-state index contributed by atoms with van der Waals surface area (Å²) in [5.74, 6) is 1.53. The molecule has 7 heteroatoms. The second kappa shape index (κ2) is 8.33. The first-order valence-electron chi connectivity index (χ1n) is 8.15. The van der Waals surface area contributed by atoms with Crippen LogP contribution in [0.5, 0.6) is 11.5 Å². The largest absolute Gasteiger partial charge is 0.497 e. The van der Waals surface area contributed by atoms with Crippen molar-refractivity contribution in [2.45, 2.75) is 19.9 Å². The number of aromatic nitrogens is 1. The molecule has 0 amide bonds. The zero-order valence-corrected chi connectivity index (χ0v) is 16.8. The number of rotatable bonds is 6. The fourth-order valence-electron chi connectivity index (χ4n) is 2.39. The van der Waals surface area contributed by atoms with Crippen molar-refractivity contribution in [2.75, 3.05) is 14.2 Å². The van der Waals surface area contributed by atoms with E-state index in [1.165, 1.54) is 0 Å². The minimum absolute atomic E-state index is 0.177. The van der Waals surface area contributed by atoms with Crippen molar-refractivity contribution in [3.8, 4) is 22.8 Å². The maximum absolute atomic E-state index is 5.55. The van der Waals surface area contributed by atoms with Gasteiger partial charge >= 0.3 is 0 Å². The van der Waals surface area contributed by atoms with Crippen LogP contribution in [0.2, 0.25) is 0 Å². The standard InChI is InChI=1S/C19H21N3O2S2/c1-13(2)21-19-22(20-10-14-7-8-25-11-14)17(12-26-19)16-9-15(23-3)5-6-18(16)24-4/h5-13H,1-4H3. The Morgan fingerprint density at radius 3 is 2.62 bits per heavy atom. The molecule has 5 nitrogen and oxygen atoms in total. The van der Waals surface area contributed by atoms with E-state index in [0.29, 0.717) is 0 Å². The summed E-state index contributed by atoms with van der Waals surface area (Å²) in [5.41, 5.74) is 2.89. The van der Waals surface area contributed by atoms with Gasteiger partial charge in [0.1, 0.15) is 11.5 Å². The Morgan fingerprint density at radius 2 is 1.96 bits per heavy atom. The van der Waals surface area contributed by atoms with Crippen molar-refractivity contribution in [1.82, 2.24) is 4.68 Å². The summed E-state index contributed by atoms with van der Waals surface area (Å²) in [7, 11) is 3.32. The van der Waals surface area contributed by atoms with Crippen LogP contribution in [0.25, 0.3) is 11.3 Å². The Kier molecular flexibility index (Phi) is 5.90. The van der Waals surface area contributed by atoms with Crippen LogP contribution in [-0.2, 0) is 0 Å². The molecule has 2 aromatic heterocycles. The Labute approximate surface area is 160 Å². The second-order valence-corrected chi connectivity index (χ2v) is 7.42. The summed E-state index contributed by atoms with van der Waals surface area (Å²) in [6, 6.07) is 7.95. The van der Waals surface area contributed by atoms with Crippen molar-refractivity contribution >= 4 is 28.9 Å². The van der Waals surface area contributed by atoms with Gasteiger partial charge in [0, 0.05) is 22.5 Å². The Bertz CT molecular complexity index is 954. The number of thiophene rings is 1. The van der Waals surface area contributed by atoms with Gasteiger partial charge in [0.2, 0.25) is 4.80 Å². The molecule has 0 aliphatic carbocycles. The summed E-state index contributed by atoms with van der Waals surface area (Å²) in [4.78, 5) is 5.54. The normalized spacial score (nSPS) is 12.3. The molecule has 0 spiro atoms. The number of hydrogen-bond donors (Lipinski definition) is 0. The van der Waals surface area contributed by atoms with Crippen LogP contribution in [0, 0.1) is 0 Å². The van der Waals surface area contributed by atoms with Crippen molar-refractivity contribution < 1.29 is 9.47 Å². The highest BCUT2D eigenvalue weighted by molar-refractivity contribution is 7.08. The van der Waals surface area contributed by atoms with Gasteiger partial charge in [-0.15, -0.1) is 11.3 Å². The van der Waals surface area contributed by atoms with Crippen LogP contribution < -0.4 is 14.3 Å². The molecule has 1 aromatic carbocycles.